The van der Waals surface area contributed by atoms with Crippen LogP contribution in [0, 0.1) is 0 Å². The van der Waals surface area contributed by atoms with Crippen LogP contribution in [0.5, 0.6) is 0 Å². The Kier molecular flexibility index (Phi) is 7.36. The van der Waals surface area contributed by atoms with E-state index >= 15 is 0 Å². The number of aliphatic carboxylic acids is 1. The number of hydrogen-bond acceptors (Lipinski definition) is 7. The number of nitrogens with two attached hydrogens (primary N) is 1. The third-order valence-electron chi connectivity index (χ3n) is 2.95. The van der Waals surface area contributed by atoms with Crippen molar-refractivity contribution >= 4 is 41.8 Å². The second-order valence-corrected chi connectivity index (χ2v) is 5.67. The summed E-state index contributed by atoms with van der Waals surface area (Å²) in [5.41, 5.74) is 6.45. The van der Waals surface area contributed by atoms with Gasteiger partial charge in [0.25, 0.3) is 0 Å². The highest BCUT2D eigenvalue weighted by Gasteiger charge is 2.33. The lowest BCUT2D eigenvalue weighted by Gasteiger charge is -2.30. The first-order chi connectivity index (χ1) is 10.4. The van der Waals surface area contributed by atoms with E-state index in [0.717, 1.165) is 5.56 Å². The molecule has 22 heavy (non-hydrogen) atoms. The summed E-state index contributed by atoms with van der Waals surface area (Å²) >= 11 is 5.53. The van der Waals surface area contributed by atoms with Gasteiger partial charge in [-0.25, -0.2) is 4.79 Å². The quantitative estimate of drug-likeness (QED) is 0.463. The minimum absolute atomic E-state index is 0.0440. The molecule has 0 aliphatic heterocycles. The van der Waals surface area contributed by atoms with Gasteiger partial charge in [-0.05, 0) is 22.4 Å². The van der Waals surface area contributed by atoms with Crippen LogP contribution in [0.3, 0.4) is 0 Å². The first-order valence-electron chi connectivity index (χ1n) is 6.38. The number of carboxylic acids is 1. The molecule has 122 valence electrons. The normalized spacial score (nSPS) is 13.2. The summed E-state index contributed by atoms with van der Waals surface area (Å²) in [6, 6.07) is -0.357. The molecule has 7 nitrogen and oxygen atoms in total. The monoisotopic (exact) mass is 346 g/mol. The molecule has 0 spiro atoms. The molecule has 1 rings (SSSR count). The molecule has 3 N–H and O–H groups in total. The van der Waals surface area contributed by atoms with Crippen LogP contribution >= 0.6 is 24.0 Å². The van der Waals surface area contributed by atoms with E-state index in [1.807, 2.05) is 10.8 Å². The fourth-order valence-electron chi connectivity index (χ4n) is 1.85. The summed E-state index contributed by atoms with van der Waals surface area (Å²) in [6.45, 7) is 0.135. The minimum atomic E-state index is -1.23. The average Bonchev–Trinajstić information content (AvgIpc) is 2.98. The van der Waals surface area contributed by atoms with Gasteiger partial charge in [-0.2, -0.15) is 24.0 Å². The van der Waals surface area contributed by atoms with Crippen molar-refractivity contribution < 1.29 is 24.2 Å². The number of hydrogen-bond donors (Lipinski definition) is 3. The summed E-state index contributed by atoms with van der Waals surface area (Å²) in [7, 11) is 1.21. The van der Waals surface area contributed by atoms with Gasteiger partial charge < -0.3 is 20.5 Å². The molecule has 1 amide bonds. The number of thiophene rings is 1. The molecule has 0 radical (unpaired) electrons. The van der Waals surface area contributed by atoms with Crippen molar-refractivity contribution in [3.63, 3.8) is 0 Å². The van der Waals surface area contributed by atoms with Crippen LogP contribution < -0.4 is 5.73 Å². The van der Waals surface area contributed by atoms with Gasteiger partial charge in [0.2, 0.25) is 5.91 Å². The van der Waals surface area contributed by atoms with Gasteiger partial charge in [-0.1, -0.05) is 0 Å². The number of nitrogens with zero attached hydrogens (tertiary/aromatic N) is 1. The van der Waals surface area contributed by atoms with E-state index in [9.17, 15) is 14.4 Å². The molecule has 1 aromatic heterocycles. The van der Waals surface area contributed by atoms with Gasteiger partial charge in [0.1, 0.15) is 6.04 Å². The molecule has 0 aliphatic carbocycles. The number of carboxylic acid groups (broad SMARTS) is 1. The molecular formula is C13H18N2O5S2. The van der Waals surface area contributed by atoms with Gasteiger partial charge in [-0.15, -0.1) is 0 Å². The van der Waals surface area contributed by atoms with Crippen LogP contribution in [0.1, 0.15) is 12.0 Å². The summed E-state index contributed by atoms with van der Waals surface area (Å²) < 4.78 is 4.68. The van der Waals surface area contributed by atoms with Crippen molar-refractivity contribution in [3.8, 4) is 0 Å². The van der Waals surface area contributed by atoms with E-state index in [4.69, 9.17) is 10.8 Å². The molecule has 0 fully saturated rings. The zero-order chi connectivity index (χ0) is 16.7. The standard InChI is InChI=1S/C13H18N2O5S2/c1-20-13(19)10(6-21)15(5-8-2-3-22-7-8)12(18)9(14)4-11(16)17/h2-3,7,9-10,21H,4-6,14H2,1H3,(H,16,17)/t9-,10+/m0/s1. The van der Waals surface area contributed by atoms with Crippen molar-refractivity contribution in [2.75, 3.05) is 12.9 Å². The molecular weight excluding hydrogens is 328 g/mol. The van der Waals surface area contributed by atoms with Crippen molar-refractivity contribution in [2.24, 2.45) is 5.73 Å². The SMILES string of the molecule is COC(=O)[C@@H](CS)N(Cc1ccsc1)C(=O)[C@@H](N)CC(=O)O. The Morgan fingerprint density at radius 1 is 1.50 bits per heavy atom. The van der Waals surface area contributed by atoms with E-state index in [2.05, 4.69) is 17.4 Å². The zero-order valence-corrected chi connectivity index (χ0v) is 13.7. The maximum atomic E-state index is 12.4. The molecule has 2 atom stereocenters. The molecule has 0 aromatic carbocycles. The van der Waals surface area contributed by atoms with Crippen LogP contribution in [0.4, 0.5) is 0 Å². The van der Waals surface area contributed by atoms with Crippen LogP contribution in [-0.2, 0) is 25.7 Å². The van der Waals surface area contributed by atoms with Gasteiger partial charge in [0.15, 0.2) is 0 Å². The van der Waals surface area contributed by atoms with Gasteiger partial charge >= 0.3 is 11.9 Å². The van der Waals surface area contributed by atoms with Crippen LogP contribution in [0.2, 0.25) is 0 Å². The summed E-state index contributed by atoms with van der Waals surface area (Å²) in [5.74, 6) is -2.39. The minimum Gasteiger partial charge on any atom is -0.481 e. The number of methoxy groups -OCH3 is 1. The van der Waals surface area contributed by atoms with Crippen LogP contribution in [0.15, 0.2) is 16.8 Å². The molecule has 0 unspecified atom stereocenters. The topological polar surface area (TPSA) is 110 Å². The smallest absolute Gasteiger partial charge is 0.329 e. The molecule has 0 saturated heterocycles. The van der Waals surface area contributed by atoms with Crippen molar-refractivity contribution in [1.82, 2.24) is 4.90 Å². The number of thiol groups is 1. The van der Waals surface area contributed by atoms with E-state index in [0.29, 0.717) is 0 Å². The average molecular weight is 346 g/mol. The van der Waals surface area contributed by atoms with E-state index in [1.54, 1.807) is 6.07 Å². The van der Waals surface area contributed by atoms with E-state index < -0.39 is 36.4 Å². The molecule has 1 aromatic rings. The molecule has 0 saturated carbocycles. The first-order valence-corrected chi connectivity index (χ1v) is 7.95. The highest BCUT2D eigenvalue weighted by atomic mass is 32.1. The second kappa shape index (κ2) is 8.76. The lowest BCUT2D eigenvalue weighted by molar-refractivity contribution is -0.153. The Balaban J connectivity index is 3.01. The third kappa shape index (κ3) is 5.00. The summed E-state index contributed by atoms with van der Waals surface area (Å²) in [6.07, 6.45) is -0.514. The van der Waals surface area contributed by atoms with Gasteiger partial charge in [-0.3, -0.25) is 9.59 Å². The van der Waals surface area contributed by atoms with Gasteiger partial charge in [0, 0.05) is 12.3 Å². The molecule has 1 heterocycles. The Hall–Kier alpha value is -1.58. The highest BCUT2D eigenvalue weighted by molar-refractivity contribution is 7.80. The lowest BCUT2D eigenvalue weighted by Crippen LogP contribution is -2.52. The molecule has 9 heteroatoms. The summed E-state index contributed by atoms with van der Waals surface area (Å²) in [4.78, 5) is 36.2. The number of carbonyl (C=O) groups is 3. The Morgan fingerprint density at radius 3 is 2.64 bits per heavy atom. The lowest BCUT2D eigenvalue weighted by atomic mass is 10.1. The van der Waals surface area contributed by atoms with Crippen molar-refractivity contribution in [3.05, 3.63) is 22.4 Å². The number of carbonyl (C=O) groups excluding carboxylic acids is 2. The second-order valence-electron chi connectivity index (χ2n) is 4.52. The third-order valence-corrected chi connectivity index (χ3v) is 4.03. The molecule has 0 aliphatic rings. The molecule has 0 bridgehead atoms. The maximum absolute atomic E-state index is 12.4. The Bertz CT molecular complexity index is 521. The van der Waals surface area contributed by atoms with E-state index in [-0.39, 0.29) is 12.3 Å². The maximum Gasteiger partial charge on any atom is 0.329 e. The van der Waals surface area contributed by atoms with Crippen molar-refractivity contribution in [1.29, 1.82) is 0 Å². The number of amides is 1. The van der Waals surface area contributed by atoms with Gasteiger partial charge in [0.05, 0.1) is 19.6 Å². The summed E-state index contributed by atoms with van der Waals surface area (Å²) in [5, 5.41) is 12.4. The van der Waals surface area contributed by atoms with Crippen molar-refractivity contribution in [2.45, 2.75) is 25.0 Å². The zero-order valence-electron chi connectivity index (χ0n) is 12.0. The van der Waals surface area contributed by atoms with Crippen LogP contribution in [0.25, 0.3) is 0 Å². The number of ether oxygens (including phenoxy) is 1. The Morgan fingerprint density at radius 2 is 2.18 bits per heavy atom. The predicted molar refractivity (Wildman–Crippen MR) is 84.8 cm³/mol. The van der Waals surface area contributed by atoms with E-state index in [1.165, 1.54) is 23.3 Å². The first kappa shape index (κ1) is 18.5. The van der Waals surface area contributed by atoms with Crippen LogP contribution in [-0.4, -0.2) is 52.8 Å². The largest absolute Gasteiger partial charge is 0.481 e. The number of esters is 1. The Labute approximate surface area is 137 Å². The highest BCUT2D eigenvalue weighted by Crippen LogP contribution is 2.15. The fraction of sp³-hybridized carbons (Fsp3) is 0.462. The predicted octanol–water partition coefficient (Wildman–Crippen LogP) is 0.350. The number of rotatable bonds is 8. The fourth-order valence-corrected chi connectivity index (χ4v) is 2.85.